The van der Waals surface area contributed by atoms with Gasteiger partial charge >= 0.3 is 18.4 Å². The molecule has 3 heterocycles. The van der Waals surface area contributed by atoms with E-state index in [4.69, 9.17) is 13.9 Å². The van der Waals surface area contributed by atoms with Crippen molar-refractivity contribution in [1.82, 2.24) is 15.2 Å². The molecular formula is C22H26F6N4O5. The van der Waals surface area contributed by atoms with Crippen LogP contribution in [0, 0.1) is 0 Å². The molecule has 0 saturated carbocycles. The molecule has 0 saturated heterocycles. The van der Waals surface area contributed by atoms with Gasteiger partial charge in [-0.15, -0.1) is 10.2 Å². The maximum absolute atomic E-state index is 13.9. The number of hydrogen-bond donors (Lipinski definition) is 2. The maximum Gasteiger partial charge on any atom is 0.426 e. The summed E-state index contributed by atoms with van der Waals surface area (Å²) in [6.45, 7) is 6.02. The van der Waals surface area contributed by atoms with E-state index in [0.29, 0.717) is 12.5 Å². The van der Waals surface area contributed by atoms with Gasteiger partial charge in [0.25, 0.3) is 11.8 Å². The summed E-state index contributed by atoms with van der Waals surface area (Å²) < 4.78 is 98.8. The average molecular weight is 540 g/mol. The second-order valence-electron chi connectivity index (χ2n) is 9.66. The topological polar surface area (TPSA) is 120 Å². The third-order valence-electron chi connectivity index (χ3n) is 5.34. The zero-order valence-corrected chi connectivity index (χ0v) is 20.4. The third kappa shape index (κ3) is 6.62. The largest absolute Gasteiger partial charge is 0.474 e. The number of nitrogens with zero attached hydrogens (tertiary/aromatic N) is 3. The Bertz CT molecular complexity index is 1130. The molecule has 0 aliphatic carbocycles. The number of ether oxygens (including phenoxy) is 2. The fourth-order valence-corrected chi connectivity index (χ4v) is 3.56. The summed E-state index contributed by atoms with van der Waals surface area (Å²) in [4.78, 5) is 16.2. The molecule has 1 amide bonds. The number of carbonyl (C=O) groups is 1. The highest BCUT2D eigenvalue weighted by Gasteiger charge is 2.58. The minimum Gasteiger partial charge on any atom is -0.474 e. The summed E-state index contributed by atoms with van der Waals surface area (Å²) in [7, 11) is 0. The lowest BCUT2D eigenvalue weighted by Crippen LogP contribution is -2.42. The third-order valence-corrected chi connectivity index (χ3v) is 5.34. The van der Waals surface area contributed by atoms with Gasteiger partial charge in [0.2, 0.25) is 11.5 Å². The van der Waals surface area contributed by atoms with Crippen LogP contribution in [0.25, 0.3) is 11.6 Å². The van der Waals surface area contributed by atoms with E-state index in [9.17, 15) is 36.2 Å². The highest BCUT2D eigenvalue weighted by atomic mass is 19.4. The predicted molar refractivity (Wildman–Crippen MR) is 116 cm³/mol. The predicted octanol–water partition coefficient (Wildman–Crippen LogP) is 5.98. The Balaban J connectivity index is 2.23. The lowest BCUT2D eigenvalue weighted by atomic mass is 9.94. The molecular weight excluding hydrogens is 514 g/mol. The van der Waals surface area contributed by atoms with E-state index in [-0.39, 0.29) is 19.3 Å². The van der Waals surface area contributed by atoms with Gasteiger partial charge in [-0.05, 0) is 59.4 Å². The van der Waals surface area contributed by atoms with E-state index in [2.05, 4.69) is 20.5 Å². The number of pyridine rings is 1. The van der Waals surface area contributed by atoms with Gasteiger partial charge in [-0.25, -0.2) is 9.78 Å². The van der Waals surface area contributed by atoms with Gasteiger partial charge in [0.1, 0.15) is 11.2 Å². The second-order valence-corrected chi connectivity index (χ2v) is 9.66. The maximum atomic E-state index is 13.9. The summed E-state index contributed by atoms with van der Waals surface area (Å²) >= 11 is 0. The smallest absolute Gasteiger partial charge is 0.426 e. The Labute approximate surface area is 207 Å². The molecule has 15 heteroatoms. The van der Waals surface area contributed by atoms with Gasteiger partial charge in [-0.3, -0.25) is 5.32 Å². The first-order chi connectivity index (χ1) is 16.9. The van der Waals surface area contributed by atoms with Crippen LogP contribution in [0.15, 0.2) is 10.5 Å². The van der Waals surface area contributed by atoms with Gasteiger partial charge in [0, 0.05) is 0 Å². The van der Waals surface area contributed by atoms with E-state index in [1.807, 2.05) is 0 Å². The molecule has 3 rings (SSSR count). The first kappa shape index (κ1) is 28.5. The fraction of sp³-hybridized carbons (Fsp3) is 0.636. The monoisotopic (exact) mass is 540 g/mol. The van der Waals surface area contributed by atoms with Crippen LogP contribution in [0.1, 0.15) is 71.3 Å². The number of nitrogens with one attached hydrogen (secondary N) is 1. The zero-order valence-electron chi connectivity index (χ0n) is 20.4. The minimum atomic E-state index is -5.19. The summed E-state index contributed by atoms with van der Waals surface area (Å²) in [6.07, 6.45) is -12.3. The number of aromatic nitrogens is 3. The van der Waals surface area contributed by atoms with Gasteiger partial charge < -0.3 is 19.0 Å². The van der Waals surface area contributed by atoms with E-state index < -0.39 is 76.8 Å². The molecule has 9 nitrogen and oxygen atoms in total. The standard InChI is InChI=1S/C22H26F6N4O5/c1-11-8-6-5-7-9-20(34,22(26,27)28)17-32-31-16(36-17)14-13(29-18(33)37-19(2,3)4)10-12(21(23,24)25)15(30-14)35-11/h10-11,34H,5-9H2,1-4H3,(H,29,33). The molecule has 0 spiro atoms. The number of halogens is 6. The zero-order chi connectivity index (χ0) is 27.8. The Hall–Kier alpha value is -3.10. The fourth-order valence-electron chi connectivity index (χ4n) is 3.56. The van der Waals surface area contributed by atoms with Crippen LogP contribution in [-0.4, -0.2) is 44.3 Å². The summed E-state index contributed by atoms with van der Waals surface area (Å²) in [5, 5.41) is 19.4. The summed E-state index contributed by atoms with van der Waals surface area (Å²) in [6, 6.07) is 0.486. The Morgan fingerprint density at radius 2 is 1.81 bits per heavy atom. The van der Waals surface area contributed by atoms with Crippen molar-refractivity contribution in [3.8, 4) is 17.5 Å². The molecule has 2 aromatic heterocycles. The molecule has 0 aromatic carbocycles. The molecule has 0 radical (unpaired) electrons. The van der Waals surface area contributed by atoms with Crippen molar-refractivity contribution in [2.45, 2.75) is 89.5 Å². The number of anilines is 1. The van der Waals surface area contributed by atoms with Crippen LogP contribution in [-0.2, 0) is 16.5 Å². The van der Waals surface area contributed by atoms with Crippen molar-refractivity contribution in [3.63, 3.8) is 0 Å². The lowest BCUT2D eigenvalue weighted by molar-refractivity contribution is -0.277. The number of alkyl halides is 6. The van der Waals surface area contributed by atoms with E-state index in [1.54, 1.807) is 0 Å². The van der Waals surface area contributed by atoms with Crippen LogP contribution in [0.2, 0.25) is 0 Å². The lowest BCUT2D eigenvalue weighted by Gasteiger charge is -2.27. The number of fused-ring (bicyclic) bond motifs is 5. The van der Waals surface area contributed by atoms with Crippen molar-refractivity contribution < 1.29 is 50.1 Å². The molecule has 1 aliphatic rings. The highest BCUT2D eigenvalue weighted by Crippen LogP contribution is 2.45. The van der Waals surface area contributed by atoms with E-state index in [0.717, 1.165) is 0 Å². The van der Waals surface area contributed by atoms with Crippen LogP contribution in [0.5, 0.6) is 5.88 Å². The van der Waals surface area contributed by atoms with Crippen molar-refractivity contribution in [1.29, 1.82) is 0 Å². The van der Waals surface area contributed by atoms with Crippen LogP contribution < -0.4 is 10.1 Å². The SMILES string of the molecule is CC1CCCCCC(O)(C(F)(F)F)c2nnc(o2)-c2nc(c(C(F)(F)F)cc2NC(=O)OC(C)(C)C)O1. The molecule has 37 heavy (non-hydrogen) atoms. The van der Waals surface area contributed by atoms with E-state index in [1.165, 1.54) is 27.7 Å². The van der Waals surface area contributed by atoms with Gasteiger partial charge in [0.05, 0.1) is 11.8 Å². The number of rotatable bonds is 1. The molecule has 206 valence electrons. The first-order valence-corrected chi connectivity index (χ1v) is 11.3. The molecule has 4 bridgehead atoms. The quantitative estimate of drug-likeness (QED) is 0.424. The highest BCUT2D eigenvalue weighted by molar-refractivity contribution is 5.89. The second kappa shape index (κ2) is 9.99. The van der Waals surface area contributed by atoms with Gasteiger partial charge in [-0.1, -0.05) is 6.42 Å². The van der Waals surface area contributed by atoms with Crippen LogP contribution in [0.3, 0.4) is 0 Å². The van der Waals surface area contributed by atoms with Crippen molar-refractivity contribution >= 4 is 11.8 Å². The number of carbonyl (C=O) groups excluding carboxylic acids is 1. The summed E-state index contributed by atoms with van der Waals surface area (Å²) in [5.74, 6) is -2.90. The van der Waals surface area contributed by atoms with Crippen LogP contribution >= 0.6 is 0 Å². The number of aliphatic hydroxyl groups is 1. The minimum absolute atomic E-state index is 0.0940. The Morgan fingerprint density at radius 1 is 1.14 bits per heavy atom. The summed E-state index contributed by atoms with van der Waals surface area (Å²) in [5.41, 5.74) is -7.14. The number of amides is 1. The van der Waals surface area contributed by atoms with E-state index >= 15 is 0 Å². The van der Waals surface area contributed by atoms with Gasteiger partial charge in [0.15, 0.2) is 5.69 Å². The van der Waals surface area contributed by atoms with Crippen LogP contribution in [0.4, 0.5) is 36.8 Å². The Kier molecular flexibility index (Phi) is 7.68. The molecule has 2 unspecified atom stereocenters. The number of hydrogen-bond acceptors (Lipinski definition) is 8. The molecule has 2 atom stereocenters. The molecule has 1 aliphatic heterocycles. The van der Waals surface area contributed by atoms with Crippen molar-refractivity contribution in [2.24, 2.45) is 0 Å². The van der Waals surface area contributed by atoms with Crippen molar-refractivity contribution in [2.75, 3.05) is 5.32 Å². The Morgan fingerprint density at radius 3 is 2.41 bits per heavy atom. The molecule has 2 N–H and O–H groups in total. The van der Waals surface area contributed by atoms with Gasteiger partial charge in [-0.2, -0.15) is 26.3 Å². The average Bonchev–Trinajstić information content (AvgIpc) is 3.21. The molecule has 2 aromatic rings. The normalized spacial score (nSPS) is 21.5. The molecule has 0 fully saturated rings. The first-order valence-electron chi connectivity index (χ1n) is 11.3. The van der Waals surface area contributed by atoms with Crippen molar-refractivity contribution in [3.05, 3.63) is 17.5 Å².